The van der Waals surface area contributed by atoms with Gasteiger partial charge in [-0.1, -0.05) is 0 Å². The van der Waals surface area contributed by atoms with Crippen molar-refractivity contribution in [1.29, 1.82) is 0 Å². The Morgan fingerprint density at radius 3 is 2.53 bits per heavy atom. The van der Waals surface area contributed by atoms with Crippen molar-refractivity contribution in [2.24, 2.45) is 0 Å². The molecule has 6 nitrogen and oxygen atoms in total. The SMILES string of the molecule is Cc1ccc(C)n1Nc1cccnc1[N+](=O)[O-]. The summed E-state index contributed by atoms with van der Waals surface area (Å²) in [7, 11) is 0. The molecule has 0 amide bonds. The van der Waals surface area contributed by atoms with Gasteiger partial charge < -0.3 is 10.1 Å². The summed E-state index contributed by atoms with van der Waals surface area (Å²) in [5.74, 6) is -0.181. The maximum absolute atomic E-state index is 10.8. The summed E-state index contributed by atoms with van der Waals surface area (Å²) in [4.78, 5) is 14.1. The van der Waals surface area contributed by atoms with Crippen LogP contribution in [-0.4, -0.2) is 14.6 Å². The molecule has 0 saturated carbocycles. The second-order valence-corrected chi connectivity index (χ2v) is 3.69. The normalized spacial score (nSPS) is 10.2. The fourth-order valence-electron chi connectivity index (χ4n) is 1.59. The summed E-state index contributed by atoms with van der Waals surface area (Å²) < 4.78 is 1.78. The summed E-state index contributed by atoms with van der Waals surface area (Å²) in [6, 6.07) is 7.16. The average Bonchev–Trinajstić information content (AvgIpc) is 2.61. The van der Waals surface area contributed by atoms with Crippen molar-refractivity contribution >= 4 is 11.5 Å². The number of nitrogens with zero attached hydrogens (tertiary/aromatic N) is 3. The van der Waals surface area contributed by atoms with Crippen LogP contribution in [0.25, 0.3) is 0 Å². The van der Waals surface area contributed by atoms with Crippen LogP contribution in [0.3, 0.4) is 0 Å². The van der Waals surface area contributed by atoms with E-state index in [2.05, 4.69) is 10.4 Å². The summed E-state index contributed by atoms with van der Waals surface area (Å²) in [6.45, 7) is 3.84. The van der Waals surface area contributed by atoms with Crippen LogP contribution in [0, 0.1) is 24.0 Å². The van der Waals surface area contributed by atoms with Gasteiger partial charge in [0.05, 0.1) is 0 Å². The van der Waals surface area contributed by atoms with Crippen LogP contribution < -0.4 is 5.43 Å². The number of hydrogen-bond acceptors (Lipinski definition) is 4. The largest absolute Gasteiger partial charge is 0.388 e. The minimum atomic E-state index is -0.503. The summed E-state index contributed by atoms with van der Waals surface area (Å²) in [6.07, 6.45) is 1.40. The first-order valence-corrected chi connectivity index (χ1v) is 5.11. The van der Waals surface area contributed by atoms with Crippen molar-refractivity contribution in [2.45, 2.75) is 13.8 Å². The predicted molar refractivity (Wildman–Crippen MR) is 63.8 cm³/mol. The highest BCUT2D eigenvalue weighted by Gasteiger charge is 2.14. The van der Waals surface area contributed by atoms with Crippen molar-refractivity contribution in [3.8, 4) is 0 Å². The topological polar surface area (TPSA) is 73.0 Å². The molecule has 0 aliphatic heterocycles. The maximum atomic E-state index is 10.8. The van der Waals surface area contributed by atoms with E-state index in [-0.39, 0.29) is 5.82 Å². The molecule has 0 spiro atoms. The number of hydrogen-bond donors (Lipinski definition) is 1. The molecule has 0 aromatic carbocycles. The number of pyridine rings is 1. The van der Waals surface area contributed by atoms with Crippen molar-refractivity contribution in [3.63, 3.8) is 0 Å². The first-order chi connectivity index (χ1) is 8.09. The lowest BCUT2D eigenvalue weighted by molar-refractivity contribution is -0.388. The van der Waals surface area contributed by atoms with E-state index in [0.29, 0.717) is 5.69 Å². The fraction of sp³-hybridized carbons (Fsp3) is 0.182. The lowest BCUT2D eigenvalue weighted by Gasteiger charge is -2.11. The molecular weight excluding hydrogens is 220 g/mol. The summed E-state index contributed by atoms with van der Waals surface area (Å²) in [5, 5.41) is 10.8. The fourth-order valence-corrected chi connectivity index (χ4v) is 1.59. The predicted octanol–water partition coefficient (Wildman–Crippen LogP) is 2.28. The monoisotopic (exact) mass is 232 g/mol. The molecule has 2 heterocycles. The Morgan fingerprint density at radius 2 is 1.94 bits per heavy atom. The minimum Gasteiger partial charge on any atom is -0.358 e. The maximum Gasteiger partial charge on any atom is 0.388 e. The Bertz CT molecular complexity index is 543. The molecule has 0 saturated heterocycles. The van der Waals surface area contributed by atoms with Crippen molar-refractivity contribution < 1.29 is 4.92 Å². The Hall–Kier alpha value is -2.37. The zero-order valence-electron chi connectivity index (χ0n) is 9.54. The molecule has 0 radical (unpaired) electrons. The van der Waals surface area contributed by atoms with Crippen LogP contribution in [0.15, 0.2) is 30.5 Å². The van der Waals surface area contributed by atoms with Gasteiger partial charge >= 0.3 is 5.82 Å². The highest BCUT2D eigenvalue weighted by Crippen LogP contribution is 2.21. The lowest BCUT2D eigenvalue weighted by Crippen LogP contribution is -2.13. The lowest BCUT2D eigenvalue weighted by atomic mass is 10.4. The number of nitro groups is 1. The van der Waals surface area contributed by atoms with Crippen LogP contribution in [0.4, 0.5) is 11.5 Å². The highest BCUT2D eigenvalue weighted by molar-refractivity contribution is 5.56. The van der Waals surface area contributed by atoms with E-state index in [9.17, 15) is 10.1 Å². The van der Waals surface area contributed by atoms with E-state index in [1.807, 2.05) is 26.0 Å². The van der Waals surface area contributed by atoms with Gasteiger partial charge in [-0.3, -0.25) is 10.1 Å². The van der Waals surface area contributed by atoms with Crippen LogP contribution >= 0.6 is 0 Å². The molecular formula is C11H12N4O2. The van der Waals surface area contributed by atoms with Crippen molar-refractivity contribution in [2.75, 3.05) is 5.43 Å². The number of rotatable bonds is 3. The zero-order valence-corrected chi connectivity index (χ0v) is 9.54. The molecule has 0 aliphatic carbocycles. The van der Waals surface area contributed by atoms with E-state index in [4.69, 9.17) is 0 Å². The van der Waals surface area contributed by atoms with Gasteiger partial charge in [0, 0.05) is 11.4 Å². The van der Waals surface area contributed by atoms with Gasteiger partial charge in [-0.2, -0.15) is 0 Å². The third-order valence-corrected chi connectivity index (χ3v) is 2.46. The molecule has 1 N–H and O–H groups in total. The third-order valence-electron chi connectivity index (χ3n) is 2.46. The number of anilines is 1. The van der Waals surface area contributed by atoms with Gasteiger partial charge in [-0.05, 0) is 48.0 Å². The van der Waals surface area contributed by atoms with Gasteiger partial charge in [-0.15, -0.1) is 0 Å². The van der Waals surface area contributed by atoms with E-state index >= 15 is 0 Å². The van der Waals surface area contributed by atoms with E-state index < -0.39 is 4.92 Å². The molecule has 0 atom stereocenters. The van der Waals surface area contributed by atoms with Gasteiger partial charge in [0.2, 0.25) is 0 Å². The molecule has 0 fully saturated rings. The quantitative estimate of drug-likeness (QED) is 0.650. The van der Waals surface area contributed by atoms with Gasteiger partial charge in [0.15, 0.2) is 5.69 Å². The van der Waals surface area contributed by atoms with E-state index in [1.54, 1.807) is 16.8 Å². The number of aromatic nitrogens is 2. The van der Waals surface area contributed by atoms with Crippen LogP contribution in [0.5, 0.6) is 0 Å². The van der Waals surface area contributed by atoms with E-state index in [0.717, 1.165) is 11.4 Å². The average molecular weight is 232 g/mol. The van der Waals surface area contributed by atoms with E-state index in [1.165, 1.54) is 6.20 Å². The molecule has 0 unspecified atom stereocenters. The molecule has 17 heavy (non-hydrogen) atoms. The first kappa shape index (κ1) is 11.1. The molecule has 6 heteroatoms. The zero-order chi connectivity index (χ0) is 12.4. The van der Waals surface area contributed by atoms with Crippen molar-refractivity contribution in [3.05, 3.63) is 52.0 Å². The molecule has 0 aliphatic rings. The second kappa shape index (κ2) is 4.25. The first-order valence-electron chi connectivity index (χ1n) is 5.11. The third kappa shape index (κ3) is 2.10. The minimum absolute atomic E-state index is 0.181. The number of nitrogens with one attached hydrogen (secondary N) is 1. The number of aryl methyl sites for hydroxylation is 2. The van der Waals surface area contributed by atoms with Crippen LogP contribution in [0.2, 0.25) is 0 Å². The van der Waals surface area contributed by atoms with Crippen LogP contribution in [0.1, 0.15) is 11.4 Å². The standard InChI is InChI=1S/C11H12N4O2/c1-8-5-6-9(2)14(8)13-10-4-3-7-12-11(10)15(16)17/h3-7,13H,1-2H3. The molecule has 2 aromatic heterocycles. The Kier molecular flexibility index (Phi) is 2.78. The molecule has 88 valence electrons. The Morgan fingerprint density at radius 1 is 1.29 bits per heavy atom. The Balaban J connectivity index is 2.40. The highest BCUT2D eigenvalue weighted by atomic mass is 16.6. The smallest absolute Gasteiger partial charge is 0.358 e. The summed E-state index contributed by atoms with van der Waals surface area (Å²) >= 11 is 0. The van der Waals surface area contributed by atoms with Gasteiger partial charge in [0.1, 0.15) is 6.20 Å². The van der Waals surface area contributed by atoms with Crippen molar-refractivity contribution in [1.82, 2.24) is 9.66 Å². The van der Waals surface area contributed by atoms with Crippen LogP contribution in [-0.2, 0) is 0 Å². The van der Waals surface area contributed by atoms with Gasteiger partial charge in [-0.25, -0.2) is 0 Å². The Labute approximate surface area is 98.0 Å². The second-order valence-electron chi connectivity index (χ2n) is 3.69. The summed E-state index contributed by atoms with van der Waals surface area (Å²) in [5.41, 5.74) is 5.30. The molecule has 0 bridgehead atoms. The molecule has 2 aromatic rings. The van der Waals surface area contributed by atoms with Gasteiger partial charge in [0.25, 0.3) is 0 Å². The molecule has 2 rings (SSSR count).